The molecule has 0 unspecified atom stereocenters. The van der Waals surface area contributed by atoms with Gasteiger partial charge in [-0.05, 0) is 79.0 Å². The third kappa shape index (κ3) is 6.07. The van der Waals surface area contributed by atoms with E-state index in [4.69, 9.17) is 33.0 Å². The Morgan fingerprint density at radius 1 is 1.09 bits per heavy atom. The van der Waals surface area contributed by atoms with Gasteiger partial charge in [0.15, 0.2) is 10.2 Å². The van der Waals surface area contributed by atoms with Gasteiger partial charge >= 0.3 is 0 Å². The number of thiocarbonyl (C=S) groups is 1. The third-order valence-electron chi connectivity index (χ3n) is 4.50. The molecule has 4 aromatic rings. The first-order valence-corrected chi connectivity index (χ1v) is 11.4. The summed E-state index contributed by atoms with van der Waals surface area (Å²) in [5, 5.41) is 8.82. The Morgan fingerprint density at radius 2 is 1.82 bits per heavy atom. The lowest BCUT2D eigenvalue weighted by atomic mass is 10.2. The van der Waals surface area contributed by atoms with Crippen molar-refractivity contribution in [3.8, 4) is 28.3 Å². The van der Waals surface area contributed by atoms with Crippen LogP contribution in [0.3, 0.4) is 0 Å². The number of methoxy groups -OCH3 is 1. The lowest BCUT2D eigenvalue weighted by Crippen LogP contribution is -2.32. The minimum atomic E-state index is -0.385. The van der Waals surface area contributed by atoms with Crippen LogP contribution < -0.4 is 15.4 Å². The van der Waals surface area contributed by atoms with Gasteiger partial charge in [-0.1, -0.05) is 11.6 Å². The molecule has 0 saturated heterocycles. The van der Waals surface area contributed by atoms with E-state index in [9.17, 15) is 4.79 Å². The van der Waals surface area contributed by atoms with Crippen LogP contribution in [-0.2, 0) is 4.79 Å². The van der Waals surface area contributed by atoms with E-state index >= 15 is 0 Å². The Hall–Kier alpha value is -3.46. The van der Waals surface area contributed by atoms with Gasteiger partial charge in [-0.25, -0.2) is 4.98 Å². The third-order valence-corrected chi connectivity index (χ3v) is 5.72. The molecule has 166 valence electrons. The monoisotopic (exact) mass is 495 g/mol. The SMILES string of the molecule is COc1ccc(-c2csc(NC(=S)NC(=O)C=Cc3ccc(-c4ccc(Cl)cc4)o3)n2)cc1. The highest BCUT2D eigenvalue weighted by atomic mass is 35.5. The predicted molar refractivity (Wildman–Crippen MR) is 137 cm³/mol. The molecule has 0 bridgehead atoms. The van der Waals surface area contributed by atoms with Crippen molar-refractivity contribution < 1.29 is 13.9 Å². The molecule has 6 nitrogen and oxygen atoms in total. The van der Waals surface area contributed by atoms with E-state index in [2.05, 4.69) is 15.6 Å². The van der Waals surface area contributed by atoms with Gasteiger partial charge in [-0.2, -0.15) is 0 Å². The fraction of sp³-hybridized carbons (Fsp3) is 0.0417. The number of rotatable bonds is 6. The molecule has 2 aromatic heterocycles. The smallest absolute Gasteiger partial charge is 0.250 e. The van der Waals surface area contributed by atoms with Gasteiger partial charge in [0.25, 0.3) is 0 Å². The van der Waals surface area contributed by atoms with Gasteiger partial charge in [0.05, 0.1) is 12.8 Å². The van der Waals surface area contributed by atoms with Crippen molar-refractivity contribution in [2.24, 2.45) is 0 Å². The summed E-state index contributed by atoms with van der Waals surface area (Å²) >= 11 is 12.5. The quantitative estimate of drug-likeness (QED) is 0.243. The highest BCUT2D eigenvalue weighted by Gasteiger charge is 2.08. The lowest BCUT2D eigenvalue weighted by molar-refractivity contribution is -0.115. The van der Waals surface area contributed by atoms with E-state index in [0.717, 1.165) is 22.6 Å². The van der Waals surface area contributed by atoms with Gasteiger partial charge in [0.1, 0.15) is 17.3 Å². The fourth-order valence-corrected chi connectivity index (χ4v) is 3.99. The van der Waals surface area contributed by atoms with Crippen molar-refractivity contribution in [2.45, 2.75) is 0 Å². The molecule has 0 radical (unpaired) electrons. The van der Waals surface area contributed by atoms with Crippen LogP contribution in [0, 0.1) is 0 Å². The first-order valence-electron chi connectivity index (χ1n) is 9.76. The Morgan fingerprint density at radius 3 is 2.55 bits per heavy atom. The molecule has 33 heavy (non-hydrogen) atoms. The molecule has 9 heteroatoms. The molecular formula is C24H18ClN3O3S2. The van der Waals surface area contributed by atoms with Gasteiger partial charge < -0.3 is 14.5 Å². The highest BCUT2D eigenvalue weighted by molar-refractivity contribution is 7.80. The molecule has 0 atom stereocenters. The van der Waals surface area contributed by atoms with Crippen LogP contribution in [-0.4, -0.2) is 23.1 Å². The number of nitrogens with one attached hydrogen (secondary N) is 2. The molecule has 2 N–H and O–H groups in total. The molecule has 2 heterocycles. The average molecular weight is 496 g/mol. The molecule has 0 spiro atoms. The Bertz CT molecular complexity index is 1300. The van der Waals surface area contributed by atoms with Gasteiger partial charge in [0.2, 0.25) is 5.91 Å². The van der Waals surface area contributed by atoms with Crippen molar-refractivity contribution in [3.05, 3.63) is 82.9 Å². The number of amides is 1. The second-order valence-corrected chi connectivity index (χ2v) is 8.45. The predicted octanol–water partition coefficient (Wildman–Crippen LogP) is 6.26. The Kier molecular flexibility index (Phi) is 7.19. The number of furan rings is 1. The van der Waals surface area contributed by atoms with Crippen molar-refractivity contribution in [1.82, 2.24) is 10.3 Å². The molecule has 0 saturated carbocycles. The fourth-order valence-electron chi connectivity index (χ4n) is 2.88. The molecular weight excluding hydrogens is 478 g/mol. The molecule has 0 fully saturated rings. The van der Waals surface area contributed by atoms with Crippen LogP contribution in [0.1, 0.15) is 5.76 Å². The second kappa shape index (κ2) is 10.4. The number of thiazole rings is 1. The number of carbonyl (C=O) groups is 1. The lowest BCUT2D eigenvalue weighted by Gasteiger charge is -2.04. The molecule has 4 rings (SSSR count). The van der Waals surface area contributed by atoms with Crippen LogP contribution in [0.5, 0.6) is 5.75 Å². The first-order chi connectivity index (χ1) is 16.0. The molecule has 2 aromatic carbocycles. The van der Waals surface area contributed by atoms with Crippen molar-refractivity contribution in [3.63, 3.8) is 0 Å². The van der Waals surface area contributed by atoms with E-state index in [0.29, 0.717) is 21.7 Å². The summed E-state index contributed by atoms with van der Waals surface area (Å²) in [6, 6.07) is 18.5. The van der Waals surface area contributed by atoms with Gasteiger partial charge in [-0.3, -0.25) is 10.1 Å². The molecule has 0 aliphatic heterocycles. The topological polar surface area (TPSA) is 76.4 Å². The minimum Gasteiger partial charge on any atom is -0.497 e. The average Bonchev–Trinajstić information content (AvgIpc) is 3.48. The number of benzene rings is 2. The van der Waals surface area contributed by atoms with E-state index in [-0.39, 0.29) is 11.0 Å². The van der Waals surface area contributed by atoms with Crippen LogP contribution in [0.25, 0.3) is 28.7 Å². The maximum atomic E-state index is 12.2. The van der Waals surface area contributed by atoms with Crippen LogP contribution in [0.15, 0.2) is 76.5 Å². The number of ether oxygens (including phenoxy) is 1. The van der Waals surface area contributed by atoms with Crippen molar-refractivity contribution >= 4 is 57.4 Å². The summed E-state index contributed by atoms with van der Waals surface area (Å²) in [5.74, 6) is 1.61. The molecule has 0 aliphatic rings. The Balaban J connectivity index is 1.31. The normalized spacial score (nSPS) is 10.8. The zero-order valence-corrected chi connectivity index (χ0v) is 19.8. The van der Waals surface area contributed by atoms with E-state index in [1.165, 1.54) is 17.4 Å². The largest absolute Gasteiger partial charge is 0.497 e. The van der Waals surface area contributed by atoms with Crippen LogP contribution >= 0.6 is 35.2 Å². The van der Waals surface area contributed by atoms with Crippen molar-refractivity contribution in [1.29, 1.82) is 0 Å². The number of halogens is 1. The molecule has 0 aliphatic carbocycles. The van der Waals surface area contributed by atoms with Gasteiger partial charge in [0, 0.05) is 27.6 Å². The zero-order chi connectivity index (χ0) is 23.2. The first kappa shape index (κ1) is 22.7. The maximum absolute atomic E-state index is 12.2. The summed E-state index contributed by atoms with van der Waals surface area (Å²) in [7, 11) is 1.62. The summed E-state index contributed by atoms with van der Waals surface area (Å²) in [6.45, 7) is 0. The highest BCUT2D eigenvalue weighted by Crippen LogP contribution is 2.27. The van der Waals surface area contributed by atoms with E-state index < -0.39 is 0 Å². The summed E-state index contributed by atoms with van der Waals surface area (Å²) in [6.07, 6.45) is 2.92. The summed E-state index contributed by atoms with van der Waals surface area (Å²) in [4.78, 5) is 16.7. The zero-order valence-electron chi connectivity index (χ0n) is 17.4. The standard InChI is InChI=1S/C24H18ClN3O3S2/c1-30-18-8-4-15(5-9-18)20-14-33-24(26-20)28-23(32)27-22(29)13-11-19-10-12-21(31-19)16-2-6-17(25)7-3-16/h2-14H,1H3,(H2,26,27,28,29,32). The minimum absolute atomic E-state index is 0.154. The molecule has 1 amide bonds. The van der Waals surface area contributed by atoms with Crippen LogP contribution in [0.2, 0.25) is 5.02 Å². The number of hydrogen-bond acceptors (Lipinski definition) is 6. The van der Waals surface area contributed by atoms with Crippen molar-refractivity contribution in [2.75, 3.05) is 12.4 Å². The summed E-state index contributed by atoms with van der Waals surface area (Å²) in [5.41, 5.74) is 2.65. The number of carbonyl (C=O) groups excluding carboxylic acids is 1. The van der Waals surface area contributed by atoms with E-state index in [1.807, 2.05) is 47.8 Å². The maximum Gasteiger partial charge on any atom is 0.250 e. The van der Waals surface area contributed by atoms with Gasteiger partial charge in [-0.15, -0.1) is 11.3 Å². The number of aromatic nitrogens is 1. The second-order valence-electron chi connectivity index (χ2n) is 6.75. The summed E-state index contributed by atoms with van der Waals surface area (Å²) < 4.78 is 10.9. The number of hydrogen-bond donors (Lipinski definition) is 2. The number of anilines is 1. The number of nitrogens with zero attached hydrogens (tertiary/aromatic N) is 1. The van der Waals surface area contributed by atoms with Crippen LogP contribution in [0.4, 0.5) is 5.13 Å². The Labute approximate surface area is 204 Å². The van der Waals surface area contributed by atoms with E-state index in [1.54, 1.807) is 31.4 Å².